The van der Waals surface area contributed by atoms with Gasteiger partial charge in [0.2, 0.25) is 0 Å². The molecule has 0 saturated carbocycles. The molecule has 3 unspecified atom stereocenters. The van der Waals surface area contributed by atoms with Crippen LogP contribution in [0.2, 0.25) is 0 Å². The van der Waals surface area contributed by atoms with Gasteiger partial charge in [0.05, 0.1) is 10.8 Å². The highest BCUT2D eigenvalue weighted by atomic mass is 35.5. The third-order valence-corrected chi connectivity index (χ3v) is 2.67. The lowest BCUT2D eigenvalue weighted by molar-refractivity contribution is -0.118. The van der Waals surface area contributed by atoms with Gasteiger partial charge in [-0.3, -0.25) is 4.79 Å². The Kier molecular flexibility index (Phi) is 5.11. The monoisotopic (exact) mass is 196 g/mol. The summed E-state index contributed by atoms with van der Waals surface area (Å²) >= 11 is 11.4. The number of halogens is 2. The van der Waals surface area contributed by atoms with Crippen LogP contribution in [-0.2, 0) is 4.79 Å². The maximum atomic E-state index is 11.2. The smallest absolute Gasteiger partial charge is 0.168 e. The predicted molar refractivity (Wildman–Crippen MR) is 49.4 cm³/mol. The lowest BCUT2D eigenvalue weighted by atomic mass is 10.0. The average Bonchev–Trinajstić information content (AvgIpc) is 2.00. The minimum atomic E-state index is -0.466. The molecule has 1 nitrogen and oxygen atoms in total. The van der Waals surface area contributed by atoms with Crippen LogP contribution in [0.4, 0.5) is 0 Å². The van der Waals surface area contributed by atoms with Gasteiger partial charge in [0.15, 0.2) is 5.78 Å². The molecule has 0 aliphatic rings. The third-order valence-electron chi connectivity index (χ3n) is 1.81. The van der Waals surface area contributed by atoms with E-state index in [1.54, 1.807) is 6.92 Å². The van der Waals surface area contributed by atoms with Crippen LogP contribution in [0.3, 0.4) is 0 Å². The first-order chi connectivity index (χ1) is 5.00. The number of hydrogen-bond acceptors (Lipinski definition) is 1. The second-order valence-electron chi connectivity index (χ2n) is 2.81. The van der Waals surface area contributed by atoms with Crippen LogP contribution >= 0.6 is 23.2 Å². The molecular formula is C8H14Cl2O. The highest BCUT2D eigenvalue weighted by molar-refractivity contribution is 6.40. The van der Waals surface area contributed by atoms with E-state index < -0.39 is 10.8 Å². The second kappa shape index (κ2) is 5.00. The van der Waals surface area contributed by atoms with Gasteiger partial charge in [-0.05, 0) is 12.8 Å². The van der Waals surface area contributed by atoms with Gasteiger partial charge in [0, 0.05) is 0 Å². The van der Waals surface area contributed by atoms with E-state index in [-0.39, 0.29) is 11.7 Å². The van der Waals surface area contributed by atoms with E-state index in [0.717, 1.165) is 6.42 Å². The van der Waals surface area contributed by atoms with Gasteiger partial charge in [-0.25, -0.2) is 0 Å². The molecule has 0 N–H and O–H groups in total. The summed E-state index contributed by atoms with van der Waals surface area (Å²) < 4.78 is 0. The summed E-state index contributed by atoms with van der Waals surface area (Å²) in [7, 11) is 0. The molecular weight excluding hydrogens is 183 g/mol. The quantitative estimate of drug-likeness (QED) is 0.633. The first kappa shape index (κ1) is 11.2. The zero-order valence-electron chi connectivity index (χ0n) is 7.10. The molecule has 0 aromatic carbocycles. The Morgan fingerprint density at radius 1 is 1.36 bits per heavy atom. The molecule has 66 valence electrons. The molecule has 0 aliphatic carbocycles. The predicted octanol–water partition coefficient (Wildman–Crippen LogP) is 2.84. The Bertz CT molecular complexity index is 134. The number of carbonyl (C=O) groups is 1. The molecule has 0 aromatic heterocycles. The molecule has 0 saturated heterocycles. The molecule has 0 radical (unpaired) electrons. The van der Waals surface area contributed by atoms with Crippen molar-refractivity contribution < 1.29 is 4.79 Å². The zero-order chi connectivity index (χ0) is 9.02. The summed E-state index contributed by atoms with van der Waals surface area (Å²) in [6.45, 7) is 5.61. The first-order valence-corrected chi connectivity index (χ1v) is 4.69. The van der Waals surface area contributed by atoms with E-state index in [1.165, 1.54) is 0 Å². The van der Waals surface area contributed by atoms with Crippen molar-refractivity contribution in [3.63, 3.8) is 0 Å². The van der Waals surface area contributed by atoms with Crippen molar-refractivity contribution in [2.75, 3.05) is 0 Å². The van der Waals surface area contributed by atoms with Crippen molar-refractivity contribution in [2.45, 2.75) is 37.9 Å². The maximum absolute atomic E-state index is 11.2. The van der Waals surface area contributed by atoms with Crippen molar-refractivity contribution in [2.24, 2.45) is 5.92 Å². The summed E-state index contributed by atoms with van der Waals surface area (Å²) in [5.74, 6) is 0.146. The number of carbonyl (C=O) groups excluding carboxylic acids is 1. The van der Waals surface area contributed by atoms with E-state index in [4.69, 9.17) is 23.2 Å². The molecule has 0 aromatic rings. The summed E-state index contributed by atoms with van der Waals surface area (Å²) in [6, 6.07) is 0. The van der Waals surface area contributed by atoms with E-state index in [0.29, 0.717) is 0 Å². The second-order valence-corrected chi connectivity index (χ2v) is 3.93. The lowest BCUT2D eigenvalue weighted by Crippen LogP contribution is -2.27. The van der Waals surface area contributed by atoms with Gasteiger partial charge < -0.3 is 0 Å². The Balaban J connectivity index is 4.02. The van der Waals surface area contributed by atoms with Gasteiger partial charge in [-0.1, -0.05) is 20.3 Å². The number of Topliss-reactive ketones (excluding diaryl/α,β-unsaturated/α-hetero) is 1. The first-order valence-electron chi connectivity index (χ1n) is 3.82. The molecule has 3 heteroatoms. The summed E-state index contributed by atoms with van der Waals surface area (Å²) in [6.07, 6.45) is 0.906. The number of hydrogen-bond donors (Lipinski definition) is 0. The van der Waals surface area contributed by atoms with Crippen LogP contribution in [0.1, 0.15) is 27.2 Å². The number of rotatable bonds is 4. The fourth-order valence-corrected chi connectivity index (χ4v) is 1.27. The van der Waals surface area contributed by atoms with Crippen LogP contribution in [-0.4, -0.2) is 16.5 Å². The topological polar surface area (TPSA) is 17.1 Å². The van der Waals surface area contributed by atoms with Crippen LogP contribution in [0.25, 0.3) is 0 Å². The molecule has 0 aliphatic heterocycles. The van der Waals surface area contributed by atoms with Gasteiger partial charge in [-0.15, -0.1) is 23.2 Å². The van der Waals surface area contributed by atoms with Crippen LogP contribution < -0.4 is 0 Å². The van der Waals surface area contributed by atoms with E-state index in [9.17, 15) is 4.79 Å². The van der Waals surface area contributed by atoms with Crippen molar-refractivity contribution in [3.8, 4) is 0 Å². The highest BCUT2D eigenvalue weighted by Crippen LogP contribution is 2.17. The molecule has 3 atom stereocenters. The Morgan fingerprint density at radius 3 is 2.09 bits per heavy atom. The summed E-state index contributed by atoms with van der Waals surface area (Å²) in [4.78, 5) is 11.2. The largest absolute Gasteiger partial charge is 0.296 e. The SMILES string of the molecule is CCC(C)C(Cl)C(=O)C(C)Cl. The average molecular weight is 197 g/mol. The molecule has 0 bridgehead atoms. The number of alkyl halides is 2. The van der Waals surface area contributed by atoms with Crippen molar-refractivity contribution >= 4 is 29.0 Å². The van der Waals surface area contributed by atoms with Gasteiger partial charge in [0.1, 0.15) is 0 Å². The lowest BCUT2D eigenvalue weighted by Gasteiger charge is -2.15. The standard InChI is InChI=1S/C8H14Cl2O/c1-4-5(2)7(10)8(11)6(3)9/h5-7H,4H2,1-3H3. The van der Waals surface area contributed by atoms with E-state index >= 15 is 0 Å². The van der Waals surface area contributed by atoms with Crippen molar-refractivity contribution in [3.05, 3.63) is 0 Å². The fraction of sp³-hybridized carbons (Fsp3) is 0.875. The van der Waals surface area contributed by atoms with Gasteiger partial charge >= 0.3 is 0 Å². The Morgan fingerprint density at radius 2 is 1.82 bits per heavy atom. The maximum Gasteiger partial charge on any atom is 0.168 e. The molecule has 0 rings (SSSR count). The van der Waals surface area contributed by atoms with Gasteiger partial charge in [0.25, 0.3) is 0 Å². The molecule has 0 spiro atoms. The molecule has 0 fully saturated rings. The normalized spacial score (nSPS) is 19.0. The fourth-order valence-electron chi connectivity index (χ4n) is 0.707. The van der Waals surface area contributed by atoms with Crippen LogP contribution in [0.15, 0.2) is 0 Å². The number of ketones is 1. The summed E-state index contributed by atoms with van der Waals surface area (Å²) in [5.41, 5.74) is 0. The Labute approximate surface area is 78.1 Å². The third kappa shape index (κ3) is 3.44. The zero-order valence-corrected chi connectivity index (χ0v) is 8.62. The van der Waals surface area contributed by atoms with Crippen LogP contribution in [0.5, 0.6) is 0 Å². The minimum absolute atomic E-state index is 0.0670. The van der Waals surface area contributed by atoms with Crippen molar-refractivity contribution in [1.29, 1.82) is 0 Å². The summed E-state index contributed by atoms with van der Waals surface area (Å²) in [5, 5.41) is -0.890. The van der Waals surface area contributed by atoms with Crippen LogP contribution in [0, 0.1) is 5.92 Å². The molecule has 0 amide bonds. The van der Waals surface area contributed by atoms with E-state index in [2.05, 4.69) is 0 Å². The highest BCUT2D eigenvalue weighted by Gasteiger charge is 2.24. The minimum Gasteiger partial charge on any atom is -0.296 e. The van der Waals surface area contributed by atoms with Gasteiger partial charge in [-0.2, -0.15) is 0 Å². The molecule has 11 heavy (non-hydrogen) atoms. The van der Waals surface area contributed by atoms with E-state index in [1.807, 2.05) is 13.8 Å². The Hall–Kier alpha value is 0.250. The molecule has 0 heterocycles. The van der Waals surface area contributed by atoms with Crippen molar-refractivity contribution in [1.82, 2.24) is 0 Å².